The van der Waals surface area contributed by atoms with Crippen molar-refractivity contribution >= 4 is 29.4 Å². The van der Waals surface area contributed by atoms with Crippen molar-refractivity contribution < 1.29 is 22.5 Å². The van der Waals surface area contributed by atoms with E-state index in [1.54, 1.807) is 91.0 Å². The van der Waals surface area contributed by atoms with Gasteiger partial charge in [-0.25, -0.2) is 4.79 Å². The van der Waals surface area contributed by atoms with Crippen molar-refractivity contribution in [2.75, 3.05) is 0 Å². The van der Waals surface area contributed by atoms with E-state index in [9.17, 15) is 18.0 Å². The average molecular weight is 375 g/mol. The zero-order chi connectivity index (χ0) is 18.6. The first kappa shape index (κ1) is 18.2. The fourth-order valence-corrected chi connectivity index (χ4v) is 6.03. The van der Waals surface area contributed by atoms with E-state index in [1.807, 2.05) is 0 Å². The van der Waals surface area contributed by atoms with E-state index >= 15 is 0 Å². The highest BCUT2D eigenvalue weighted by Crippen LogP contribution is 2.57. The molecule has 0 bridgehead atoms. The number of halogens is 3. The normalized spacial score (nSPS) is 11.8. The summed E-state index contributed by atoms with van der Waals surface area (Å²) in [5, 5.41) is 1.61. The summed E-state index contributed by atoms with van der Waals surface area (Å²) in [5.74, 6) is -2.19. The molecule has 0 aliphatic carbocycles. The number of carbonyl (C=O) groups excluding carboxylic acids is 1. The van der Waals surface area contributed by atoms with E-state index in [0.29, 0.717) is 15.9 Å². The molecule has 26 heavy (non-hydrogen) atoms. The van der Waals surface area contributed by atoms with Crippen molar-refractivity contribution in [2.45, 2.75) is 6.18 Å². The molecule has 0 N–H and O–H groups in total. The van der Waals surface area contributed by atoms with Gasteiger partial charge in [-0.1, -0.05) is 54.6 Å². The van der Waals surface area contributed by atoms with Crippen LogP contribution >= 0.6 is 7.49 Å². The second-order valence-corrected chi connectivity index (χ2v) is 8.44. The van der Waals surface area contributed by atoms with Crippen LogP contribution in [0.5, 0.6) is 0 Å². The minimum absolute atomic E-state index is 0.537. The summed E-state index contributed by atoms with van der Waals surface area (Å²) < 4.78 is 44.5. The maximum atomic E-state index is 13.1. The van der Waals surface area contributed by atoms with Gasteiger partial charge in [-0.2, -0.15) is 13.2 Å². The molecule has 0 radical (unpaired) electrons. The van der Waals surface area contributed by atoms with Gasteiger partial charge >= 0.3 is 12.1 Å². The van der Waals surface area contributed by atoms with Crippen LogP contribution in [0.25, 0.3) is 0 Å². The molecule has 3 aromatic rings. The summed E-state index contributed by atoms with van der Waals surface area (Å²) in [6, 6.07) is 25.8. The van der Waals surface area contributed by atoms with E-state index in [-0.39, 0.29) is 0 Å². The van der Waals surface area contributed by atoms with Crippen molar-refractivity contribution in [3.8, 4) is 0 Å². The lowest BCUT2D eigenvalue weighted by Crippen LogP contribution is -2.37. The van der Waals surface area contributed by atoms with Crippen LogP contribution in [0, 0.1) is 0 Å². The maximum absolute atomic E-state index is 13.1. The van der Waals surface area contributed by atoms with Crippen LogP contribution in [0.4, 0.5) is 13.2 Å². The first-order valence-corrected chi connectivity index (χ1v) is 9.52. The molecule has 0 aromatic heterocycles. The monoisotopic (exact) mass is 375 g/mol. The SMILES string of the molecule is O=C(O[P+](c1ccccc1)(c1ccccc1)c1ccccc1)C(F)(F)F. The van der Waals surface area contributed by atoms with Gasteiger partial charge in [-0.15, -0.1) is 0 Å². The molecule has 3 rings (SSSR count). The van der Waals surface area contributed by atoms with Gasteiger partial charge in [0.1, 0.15) is 15.9 Å². The van der Waals surface area contributed by atoms with Gasteiger partial charge in [-0.05, 0) is 36.4 Å². The zero-order valence-corrected chi connectivity index (χ0v) is 14.5. The molecule has 0 atom stereocenters. The molecule has 0 heterocycles. The minimum Gasteiger partial charge on any atom is -0.287 e. The summed E-state index contributed by atoms with van der Waals surface area (Å²) in [7, 11) is -3.28. The van der Waals surface area contributed by atoms with E-state index in [4.69, 9.17) is 4.52 Å². The van der Waals surface area contributed by atoms with E-state index < -0.39 is 19.6 Å². The Morgan fingerprint density at radius 3 is 1.23 bits per heavy atom. The molecule has 0 saturated carbocycles. The molecule has 0 fully saturated rings. The summed E-state index contributed by atoms with van der Waals surface area (Å²) in [6.45, 7) is 0. The highest BCUT2D eigenvalue weighted by atomic mass is 31.2. The predicted molar refractivity (Wildman–Crippen MR) is 97.3 cm³/mol. The largest absolute Gasteiger partial charge is 0.495 e. The van der Waals surface area contributed by atoms with Gasteiger partial charge in [0.15, 0.2) is 0 Å². The minimum atomic E-state index is -5.08. The van der Waals surface area contributed by atoms with Crippen LogP contribution in [-0.2, 0) is 9.32 Å². The van der Waals surface area contributed by atoms with Crippen molar-refractivity contribution in [1.29, 1.82) is 0 Å². The van der Waals surface area contributed by atoms with Crippen LogP contribution in [0.2, 0.25) is 0 Å². The van der Waals surface area contributed by atoms with Gasteiger partial charge in [-0.3, -0.25) is 4.52 Å². The Morgan fingerprint density at radius 1 is 0.654 bits per heavy atom. The number of hydrogen-bond donors (Lipinski definition) is 0. The Hall–Kier alpha value is -2.65. The Kier molecular flexibility index (Phi) is 5.10. The Bertz CT molecular complexity index is 769. The number of benzene rings is 3. The third-order valence-corrected chi connectivity index (χ3v) is 7.33. The van der Waals surface area contributed by atoms with E-state index in [1.165, 1.54) is 0 Å². The summed E-state index contributed by atoms with van der Waals surface area (Å²) in [4.78, 5) is 11.9. The molecule has 132 valence electrons. The van der Waals surface area contributed by atoms with Gasteiger partial charge < -0.3 is 0 Å². The number of carbonyl (C=O) groups is 1. The fourth-order valence-electron chi connectivity index (χ4n) is 2.70. The molecule has 6 heteroatoms. The van der Waals surface area contributed by atoms with Gasteiger partial charge in [0, 0.05) is 0 Å². The van der Waals surface area contributed by atoms with Crippen LogP contribution in [0.15, 0.2) is 91.0 Å². The molecule has 0 aliphatic heterocycles. The van der Waals surface area contributed by atoms with Crippen LogP contribution in [0.3, 0.4) is 0 Å². The molecule has 0 aliphatic rings. The fraction of sp³-hybridized carbons (Fsp3) is 0.0500. The van der Waals surface area contributed by atoms with Crippen LogP contribution in [0.1, 0.15) is 0 Å². The lowest BCUT2D eigenvalue weighted by Gasteiger charge is -2.25. The number of hydrogen-bond acceptors (Lipinski definition) is 2. The lowest BCUT2D eigenvalue weighted by molar-refractivity contribution is -0.189. The summed E-state index contributed by atoms with van der Waals surface area (Å²) in [6.07, 6.45) is -5.08. The lowest BCUT2D eigenvalue weighted by atomic mass is 10.4. The maximum Gasteiger partial charge on any atom is 0.495 e. The van der Waals surface area contributed by atoms with Gasteiger partial charge in [0.25, 0.3) is 7.49 Å². The molecule has 2 nitrogen and oxygen atoms in total. The van der Waals surface area contributed by atoms with Crippen molar-refractivity contribution in [3.63, 3.8) is 0 Å². The Balaban J connectivity index is 2.30. The molecule has 0 spiro atoms. The molecular formula is C20H15F3O2P+. The average Bonchev–Trinajstić information content (AvgIpc) is 2.67. The second kappa shape index (κ2) is 7.30. The third kappa shape index (κ3) is 3.49. The van der Waals surface area contributed by atoms with Gasteiger partial charge in [0.05, 0.1) is 0 Å². The highest BCUT2D eigenvalue weighted by molar-refractivity contribution is 7.92. The summed E-state index contributed by atoms with van der Waals surface area (Å²) >= 11 is 0. The smallest absolute Gasteiger partial charge is 0.287 e. The highest BCUT2D eigenvalue weighted by Gasteiger charge is 2.56. The zero-order valence-electron chi connectivity index (χ0n) is 13.6. The quantitative estimate of drug-likeness (QED) is 0.645. The third-order valence-electron chi connectivity index (χ3n) is 3.81. The van der Waals surface area contributed by atoms with Crippen molar-refractivity contribution in [1.82, 2.24) is 0 Å². The topological polar surface area (TPSA) is 26.3 Å². The molecule has 0 unspecified atom stereocenters. The second-order valence-electron chi connectivity index (χ2n) is 5.49. The molecule has 0 amide bonds. The number of rotatable bonds is 4. The summed E-state index contributed by atoms with van der Waals surface area (Å²) in [5.41, 5.74) is 0. The molecular weight excluding hydrogens is 360 g/mol. The number of alkyl halides is 3. The van der Waals surface area contributed by atoms with E-state index in [2.05, 4.69) is 0 Å². The standard InChI is InChI=1S/C20H15F3O2P/c21-20(22,23)19(24)25-26(16-10-4-1-5-11-16,17-12-6-2-7-13-17)18-14-8-3-9-15-18/h1-15H/q+1. The van der Waals surface area contributed by atoms with Crippen LogP contribution < -0.4 is 15.9 Å². The van der Waals surface area contributed by atoms with E-state index in [0.717, 1.165) is 0 Å². The van der Waals surface area contributed by atoms with Gasteiger partial charge in [0.2, 0.25) is 0 Å². The van der Waals surface area contributed by atoms with Crippen LogP contribution in [-0.4, -0.2) is 12.1 Å². The first-order valence-electron chi connectivity index (χ1n) is 7.81. The Morgan fingerprint density at radius 2 is 0.962 bits per heavy atom. The Labute approximate surface area is 149 Å². The van der Waals surface area contributed by atoms with Crippen molar-refractivity contribution in [2.24, 2.45) is 0 Å². The first-order chi connectivity index (χ1) is 12.4. The predicted octanol–water partition coefficient (Wildman–Crippen LogP) is 4.00. The van der Waals surface area contributed by atoms with Crippen molar-refractivity contribution in [3.05, 3.63) is 91.0 Å². The molecule has 0 saturated heterocycles. The molecule has 3 aromatic carbocycles.